The summed E-state index contributed by atoms with van der Waals surface area (Å²) in [6.45, 7) is 5.19. The van der Waals surface area contributed by atoms with Crippen LogP contribution in [0.25, 0.3) is 0 Å². The molecule has 0 saturated carbocycles. The standard InChI is InChI=1S/C22H28N2O.C2H2O4/c1-2-22(25)24(20-11-7-4-8-12-20)21-14-17-23(18-15-21)16-13-19-9-5-3-6-10-19;3-1(4)2(5)6/h3-12,21H,2,13-18H2,1H3;(H,3,4)(H,5,6). The highest BCUT2D eigenvalue weighted by Crippen LogP contribution is 2.24. The second-order valence-corrected chi connectivity index (χ2v) is 7.37. The number of carboxylic acid groups (broad SMARTS) is 2. The minimum Gasteiger partial charge on any atom is -0.473 e. The van der Waals surface area contributed by atoms with Crippen LogP contribution in [0.15, 0.2) is 60.7 Å². The molecule has 1 amide bonds. The average molecular weight is 427 g/mol. The summed E-state index contributed by atoms with van der Waals surface area (Å²) in [5.74, 6) is -3.42. The Morgan fingerprint density at radius 3 is 1.90 bits per heavy atom. The van der Waals surface area contributed by atoms with Gasteiger partial charge in [0.05, 0.1) is 0 Å². The Labute approximate surface area is 182 Å². The maximum Gasteiger partial charge on any atom is 0.414 e. The summed E-state index contributed by atoms with van der Waals surface area (Å²) in [7, 11) is 0. The molecule has 3 rings (SSSR count). The second kappa shape index (κ2) is 12.5. The zero-order valence-corrected chi connectivity index (χ0v) is 17.8. The number of rotatable bonds is 6. The number of nitrogens with zero attached hydrogens (tertiary/aromatic N) is 2. The van der Waals surface area contributed by atoms with Crippen molar-refractivity contribution in [3.05, 3.63) is 66.2 Å². The van der Waals surface area contributed by atoms with E-state index >= 15 is 0 Å². The highest BCUT2D eigenvalue weighted by Gasteiger charge is 2.28. The molecule has 1 aliphatic rings. The molecular formula is C24H30N2O5. The molecule has 1 heterocycles. The fourth-order valence-electron chi connectivity index (χ4n) is 3.65. The molecule has 7 heteroatoms. The first kappa shape index (κ1) is 24.1. The molecule has 0 radical (unpaired) electrons. The van der Waals surface area contributed by atoms with E-state index in [4.69, 9.17) is 19.8 Å². The van der Waals surface area contributed by atoms with Crippen molar-refractivity contribution in [3.8, 4) is 0 Å². The molecule has 2 N–H and O–H groups in total. The van der Waals surface area contributed by atoms with Gasteiger partial charge in [0, 0.05) is 37.8 Å². The lowest BCUT2D eigenvalue weighted by molar-refractivity contribution is -0.159. The van der Waals surface area contributed by atoms with Gasteiger partial charge in [0.2, 0.25) is 5.91 Å². The van der Waals surface area contributed by atoms with Gasteiger partial charge in [-0.1, -0.05) is 55.5 Å². The molecule has 7 nitrogen and oxygen atoms in total. The average Bonchev–Trinajstić information content (AvgIpc) is 2.80. The van der Waals surface area contributed by atoms with Gasteiger partial charge in [-0.25, -0.2) is 9.59 Å². The first-order valence-corrected chi connectivity index (χ1v) is 10.5. The van der Waals surface area contributed by atoms with Crippen molar-refractivity contribution in [1.29, 1.82) is 0 Å². The molecule has 0 spiro atoms. The number of carbonyl (C=O) groups excluding carboxylic acids is 1. The van der Waals surface area contributed by atoms with Crippen LogP contribution >= 0.6 is 0 Å². The Kier molecular flexibility index (Phi) is 9.71. The van der Waals surface area contributed by atoms with E-state index in [2.05, 4.69) is 47.4 Å². The lowest BCUT2D eigenvalue weighted by atomic mass is 10.0. The Bertz CT molecular complexity index is 822. The quantitative estimate of drug-likeness (QED) is 0.688. The van der Waals surface area contributed by atoms with E-state index in [9.17, 15) is 4.79 Å². The van der Waals surface area contributed by atoms with Crippen molar-refractivity contribution in [2.24, 2.45) is 0 Å². The van der Waals surface area contributed by atoms with Gasteiger partial charge in [-0.15, -0.1) is 0 Å². The van der Waals surface area contributed by atoms with Crippen molar-refractivity contribution >= 4 is 23.5 Å². The molecule has 1 aliphatic heterocycles. The number of carboxylic acids is 2. The summed E-state index contributed by atoms with van der Waals surface area (Å²) in [5.41, 5.74) is 2.44. The van der Waals surface area contributed by atoms with E-state index in [0.29, 0.717) is 12.5 Å². The van der Waals surface area contributed by atoms with Crippen molar-refractivity contribution in [2.75, 3.05) is 24.5 Å². The number of hydrogen-bond donors (Lipinski definition) is 2. The van der Waals surface area contributed by atoms with Crippen LogP contribution in [0.2, 0.25) is 0 Å². The zero-order chi connectivity index (χ0) is 22.6. The lowest BCUT2D eigenvalue weighted by Crippen LogP contribution is -2.47. The zero-order valence-electron chi connectivity index (χ0n) is 17.8. The Morgan fingerprint density at radius 2 is 1.42 bits per heavy atom. The first-order chi connectivity index (χ1) is 14.9. The van der Waals surface area contributed by atoms with Crippen LogP contribution in [0.5, 0.6) is 0 Å². The third-order valence-corrected chi connectivity index (χ3v) is 5.27. The largest absolute Gasteiger partial charge is 0.473 e. The van der Waals surface area contributed by atoms with Crippen LogP contribution < -0.4 is 4.90 Å². The molecule has 1 saturated heterocycles. The molecule has 0 bridgehead atoms. The van der Waals surface area contributed by atoms with Crippen molar-refractivity contribution < 1.29 is 24.6 Å². The van der Waals surface area contributed by atoms with Gasteiger partial charge in [-0.3, -0.25) is 4.79 Å². The highest BCUT2D eigenvalue weighted by molar-refractivity contribution is 6.27. The number of aliphatic carboxylic acids is 2. The minimum atomic E-state index is -1.82. The number of piperidine rings is 1. The Balaban J connectivity index is 0.000000501. The van der Waals surface area contributed by atoms with E-state index in [-0.39, 0.29) is 5.91 Å². The van der Waals surface area contributed by atoms with Gasteiger partial charge < -0.3 is 20.0 Å². The third-order valence-electron chi connectivity index (χ3n) is 5.27. The van der Waals surface area contributed by atoms with Crippen LogP contribution in [0, 0.1) is 0 Å². The number of benzene rings is 2. The second-order valence-electron chi connectivity index (χ2n) is 7.37. The van der Waals surface area contributed by atoms with Crippen LogP contribution in [-0.4, -0.2) is 58.6 Å². The molecular weight excluding hydrogens is 396 g/mol. The predicted octanol–water partition coefficient (Wildman–Crippen LogP) is 3.29. The molecule has 2 aromatic rings. The topological polar surface area (TPSA) is 98.2 Å². The molecule has 166 valence electrons. The summed E-state index contributed by atoms with van der Waals surface area (Å²) >= 11 is 0. The SMILES string of the molecule is CCC(=O)N(c1ccccc1)C1CCN(CCc2ccccc2)CC1.O=C(O)C(=O)O. The first-order valence-electron chi connectivity index (χ1n) is 10.5. The van der Waals surface area contributed by atoms with E-state index < -0.39 is 11.9 Å². The molecule has 0 aromatic heterocycles. The molecule has 2 aromatic carbocycles. The third kappa shape index (κ3) is 7.86. The van der Waals surface area contributed by atoms with Crippen LogP contribution in [-0.2, 0) is 20.8 Å². The molecule has 0 unspecified atom stereocenters. The summed E-state index contributed by atoms with van der Waals surface area (Å²) < 4.78 is 0. The predicted molar refractivity (Wildman–Crippen MR) is 119 cm³/mol. The normalized spacial score (nSPS) is 14.2. The van der Waals surface area contributed by atoms with Crippen molar-refractivity contribution in [2.45, 2.75) is 38.6 Å². The molecule has 1 fully saturated rings. The van der Waals surface area contributed by atoms with Crippen LogP contribution in [0.1, 0.15) is 31.7 Å². The fourth-order valence-corrected chi connectivity index (χ4v) is 3.65. The van der Waals surface area contributed by atoms with Gasteiger partial charge >= 0.3 is 11.9 Å². The van der Waals surface area contributed by atoms with Crippen LogP contribution in [0.3, 0.4) is 0 Å². The summed E-state index contributed by atoms with van der Waals surface area (Å²) in [6, 6.07) is 21.1. The maximum atomic E-state index is 12.5. The van der Waals surface area contributed by atoms with Crippen molar-refractivity contribution in [3.63, 3.8) is 0 Å². The summed E-state index contributed by atoms with van der Waals surface area (Å²) in [6.07, 6.45) is 3.76. The Morgan fingerprint density at radius 1 is 0.903 bits per heavy atom. The summed E-state index contributed by atoms with van der Waals surface area (Å²) in [4.78, 5) is 35.3. The number of hydrogen-bond acceptors (Lipinski definition) is 4. The molecule has 0 aliphatic carbocycles. The van der Waals surface area contributed by atoms with Gasteiger partial charge in [-0.05, 0) is 37.0 Å². The number of anilines is 1. The number of amides is 1. The number of likely N-dealkylation sites (tertiary alicyclic amines) is 1. The maximum absolute atomic E-state index is 12.5. The lowest BCUT2D eigenvalue weighted by Gasteiger charge is -2.38. The van der Waals surface area contributed by atoms with E-state index in [0.717, 1.165) is 44.6 Å². The number of carbonyl (C=O) groups is 3. The fraction of sp³-hybridized carbons (Fsp3) is 0.375. The van der Waals surface area contributed by atoms with E-state index in [1.165, 1.54) is 5.56 Å². The molecule has 31 heavy (non-hydrogen) atoms. The minimum absolute atomic E-state index is 0.230. The van der Waals surface area contributed by atoms with Gasteiger partial charge in [0.1, 0.15) is 0 Å². The van der Waals surface area contributed by atoms with Gasteiger partial charge in [0.25, 0.3) is 0 Å². The smallest absolute Gasteiger partial charge is 0.414 e. The van der Waals surface area contributed by atoms with Gasteiger partial charge in [0.15, 0.2) is 0 Å². The monoisotopic (exact) mass is 426 g/mol. The highest BCUT2D eigenvalue weighted by atomic mass is 16.4. The van der Waals surface area contributed by atoms with E-state index in [1.807, 2.05) is 30.0 Å². The Hall–Kier alpha value is -3.19. The molecule has 0 atom stereocenters. The summed E-state index contributed by atoms with van der Waals surface area (Å²) in [5, 5.41) is 14.8. The van der Waals surface area contributed by atoms with Crippen LogP contribution in [0.4, 0.5) is 5.69 Å². The number of para-hydroxylation sites is 1. The van der Waals surface area contributed by atoms with Crippen molar-refractivity contribution in [1.82, 2.24) is 4.90 Å². The van der Waals surface area contributed by atoms with Gasteiger partial charge in [-0.2, -0.15) is 0 Å². The van der Waals surface area contributed by atoms with E-state index in [1.54, 1.807) is 0 Å².